The molecule has 2 aliphatic carbocycles. The Morgan fingerprint density at radius 2 is 2.07 bits per heavy atom. The van der Waals surface area contributed by atoms with Crippen LogP contribution in [-0.2, 0) is 19.1 Å². The van der Waals surface area contributed by atoms with E-state index >= 15 is 0 Å². The highest BCUT2D eigenvalue weighted by Gasteiger charge is 2.42. The number of fused-ring (bicyclic) bond motifs is 1. The first-order valence-corrected chi connectivity index (χ1v) is 11.3. The van der Waals surface area contributed by atoms with E-state index < -0.39 is 11.5 Å². The molecule has 3 rings (SSSR count). The lowest BCUT2D eigenvalue weighted by Crippen LogP contribution is -2.42. The molecule has 30 heavy (non-hydrogen) atoms. The standard InChI is InChI=1S/C25H36O5/c1-6-25(4,5)24(28)30-21-12-15(2)11-17-8-7-16(3)20(23(17)21)10-9-19-13-18(26)14-22(27)29-19/h7-8,11,16,18-21,23,26H,2,6,9-10,12-14H2,1,3-5H3/t16-,18+,19+,20-,21-,23-/m1/s1. The van der Waals surface area contributed by atoms with Gasteiger partial charge in [-0.15, -0.1) is 0 Å². The Hall–Kier alpha value is -1.88. The second kappa shape index (κ2) is 9.09. The van der Waals surface area contributed by atoms with Crippen LogP contribution in [0.15, 0.2) is 36.0 Å². The molecule has 1 aliphatic heterocycles. The summed E-state index contributed by atoms with van der Waals surface area (Å²) in [5.41, 5.74) is 1.64. The number of carbonyl (C=O) groups excluding carboxylic acids is 2. The fraction of sp³-hybridized carbons (Fsp3) is 0.680. The van der Waals surface area contributed by atoms with E-state index in [9.17, 15) is 14.7 Å². The number of rotatable bonds is 6. The van der Waals surface area contributed by atoms with E-state index in [1.54, 1.807) is 0 Å². The second-order valence-corrected chi connectivity index (χ2v) is 9.88. The molecule has 0 aromatic carbocycles. The summed E-state index contributed by atoms with van der Waals surface area (Å²) in [6.45, 7) is 12.2. The number of carbonyl (C=O) groups is 2. The monoisotopic (exact) mass is 416 g/mol. The first-order chi connectivity index (χ1) is 14.1. The smallest absolute Gasteiger partial charge is 0.311 e. The summed E-state index contributed by atoms with van der Waals surface area (Å²) in [4.78, 5) is 24.5. The van der Waals surface area contributed by atoms with Gasteiger partial charge in [0.2, 0.25) is 0 Å². The summed E-state index contributed by atoms with van der Waals surface area (Å²) >= 11 is 0. The van der Waals surface area contributed by atoms with E-state index in [1.165, 1.54) is 5.57 Å². The van der Waals surface area contributed by atoms with Crippen molar-refractivity contribution in [3.05, 3.63) is 36.0 Å². The molecule has 0 saturated carbocycles. The van der Waals surface area contributed by atoms with E-state index in [-0.39, 0.29) is 42.4 Å². The highest BCUT2D eigenvalue weighted by atomic mass is 16.6. The molecule has 5 nitrogen and oxygen atoms in total. The fourth-order valence-corrected chi connectivity index (χ4v) is 4.82. The van der Waals surface area contributed by atoms with Gasteiger partial charge in [0.1, 0.15) is 12.2 Å². The van der Waals surface area contributed by atoms with Crippen molar-refractivity contribution in [3.63, 3.8) is 0 Å². The SMILES string of the molecule is C=C1C=C2C=C[C@@H](C)[C@@H](CC[C@H]3C[C@H](O)CC(=O)O3)[C@@H]2[C@H](OC(=O)C(C)(C)CC)C1. The number of hydrogen-bond acceptors (Lipinski definition) is 5. The van der Waals surface area contributed by atoms with Crippen LogP contribution in [0.2, 0.25) is 0 Å². The van der Waals surface area contributed by atoms with Crippen molar-refractivity contribution in [2.24, 2.45) is 23.2 Å². The molecule has 0 unspecified atom stereocenters. The van der Waals surface area contributed by atoms with Crippen molar-refractivity contribution in [1.29, 1.82) is 0 Å². The molecule has 1 fully saturated rings. The molecular weight excluding hydrogens is 380 g/mol. The van der Waals surface area contributed by atoms with Crippen molar-refractivity contribution >= 4 is 11.9 Å². The van der Waals surface area contributed by atoms with Gasteiger partial charge in [0.05, 0.1) is 17.9 Å². The van der Waals surface area contributed by atoms with Gasteiger partial charge in [0.25, 0.3) is 0 Å². The van der Waals surface area contributed by atoms with Crippen LogP contribution in [0.25, 0.3) is 0 Å². The molecule has 6 atom stereocenters. The van der Waals surface area contributed by atoms with Crippen LogP contribution in [0.5, 0.6) is 0 Å². The van der Waals surface area contributed by atoms with Gasteiger partial charge in [0, 0.05) is 18.8 Å². The number of allylic oxidation sites excluding steroid dienone is 3. The predicted molar refractivity (Wildman–Crippen MR) is 115 cm³/mol. The first-order valence-electron chi connectivity index (χ1n) is 11.3. The lowest BCUT2D eigenvalue weighted by atomic mass is 9.66. The minimum atomic E-state index is -0.613. The normalized spacial score (nSPS) is 34.1. The molecule has 0 amide bonds. The van der Waals surface area contributed by atoms with Crippen LogP contribution >= 0.6 is 0 Å². The zero-order valence-electron chi connectivity index (χ0n) is 18.7. The summed E-state index contributed by atoms with van der Waals surface area (Å²) in [5.74, 6) is 0.224. The number of ether oxygens (including phenoxy) is 2. The Bertz CT molecular complexity index is 747. The van der Waals surface area contributed by atoms with E-state index in [0.717, 1.165) is 18.4 Å². The van der Waals surface area contributed by atoms with Gasteiger partial charge in [-0.2, -0.15) is 0 Å². The number of cyclic esters (lactones) is 1. The van der Waals surface area contributed by atoms with Gasteiger partial charge in [-0.1, -0.05) is 44.2 Å². The molecule has 0 spiro atoms. The Morgan fingerprint density at radius 1 is 1.33 bits per heavy atom. The molecule has 0 radical (unpaired) electrons. The minimum absolute atomic E-state index is 0.0852. The highest BCUT2D eigenvalue weighted by molar-refractivity contribution is 5.76. The Morgan fingerprint density at radius 3 is 2.73 bits per heavy atom. The zero-order valence-corrected chi connectivity index (χ0v) is 18.7. The van der Waals surface area contributed by atoms with Crippen molar-refractivity contribution in [2.75, 3.05) is 0 Å². The molecule has 0 aromatic heterocycles. The lowest BCUT2D eigenvalue weighted by Gasteiger charge is -2.43. The topological polar surface area (TPSA) is 72.8 Å². The van der Waals surface area contributed by atoms with E-state index in [0.29, 0.717) is 25.2 Å². The zero-order chi connectivity index (χ0) is 22.1. The van der Waals surface area contributed by atoms with Crippen molar-refractivity contribution in [3.8, 4) is 0 Å². The molecule has 1 saturated heterocycles. The summed E-state index contributed by atoms with van der Waals surface area (Å²) in [5, 5.41) is 9.91. The largest absolute Gasteiger partial charge is 0.462 e. The maximum absolute atomic E-state index is 12.8. The van der Waals surface area contributed by atoms with Gasteiger partial charge >= 0.3 is 11.9 Å². The van der Waals surface area contributed by atoms with Crippen LogP contribution < -0.4 is 0 Å². The second-order valence-electron chi connectivity index (χ2n) is 9.88. The third-order valence-electron chi connectivity index (χ3n) is 7.10. The Kier molecular flexibility index (Phi) is 6.91. The van der Waals surface area contributed by atoms with E-state index in [2.05, 4.69) is 31.7 Å². The van der Waals surface area contributed by atoms with Crippen molar-refractivity contribution < 1.29 is 24.2 Å². The van der Waals surface area contributed by atoms with Gasteiger partial charge in [0.15, 0.2) is 0 Å². The summed E-state index contributed by atoms with van der Waals surface area (Å²) in [6, 6.07) is 0. The number of aliphatic hydroxyl groups excluding tert-OH is 1. The maximum Gasteiger partial charge on any atom is 0.311 e. The van der Waals surface area contributed by atoms with E-state index in [4.69, 9.17) is 9.47 Å². The Labute approximate surface area is 180 Å². The van der Waals surface area contributed by atoms with Gasteiger partial charge in [-0.25, -0.2) is 0 Å². The molecular formula is C25H36O5. The van der Waals surface area contributed by atoms with Gasteiger partial charge < -0.3 is 14.6 Å². The minimum Gasteiger partial charge on any atom is -0.462 e. The molecule has 0 aromatic rings. The number of aliphatic hydroxyl groups is 1. The van der Waals surface area contributed by atoms with Crippen LogP contribution in [0.1, 0.15) is 66.2 Å². The molecule has 1 N–H and O–H groups in total. The molecule has 166 valence electrons. The highest BCUT2D eigenvalue weighted by Crippen LogP contribution is 2.45. The van der Waals surface area contributed by atoms with Crippen LogP contribution in [0.3, 0.4) is 0 Å². The summed E-state index contributed by atoms with van der Waals surface area (Å²) in [6.07, 6.45) is 8.89. The van der Waals surface area contributed by atoms with Crippen LogP contribution in [0, 0.1) is 23.2 Å². The summed E-state index contributed by atoms with van der Waals surface area (Å²) in [7, 11) is 0. The average Bonchev–Trinajstić information content (AvgIpc) is 2.66. The van der Waals surface area contributed by atoms with Crippen molar-refractivity contribution in [2.45, 2.75) is 84.5 Å². The summed E-state index contributed by atoms with van der Waals surface area (Å²) < 4.78 is 11.5. The maximum atomic E-state index is 12.8. The number of hydrogen-bond donors (Lipinski definition) is 1. The van der Waals surface area contributed by atoms with Crippen LogP contribution in [-0.4, -0.2) is 35.4 Å². The molecule has 3 aliphatic rings. The molecule has 5 heteroatoms. The van der Waals surface area contributed by atoms with Crippen LogP contribution in [0.4, 0.5) is 0 Å². The molecule has 0 bridgehead atoms. The quantitative estimate of drug-likeness (QED) is 0.645. The number of esters is 2. The van der Waals surface area contributed by atoms with Crippen molar-refractivity contribution in [1.82, 2.24) is 0 Å². The third kappa shape index (κ3) is 5.05. The third-order valence-corrected chi connectivity index (χ3v) is 7.10. The van der Waals surface area contributed by atoms with Gasteiger partial charge in [-0.3, -0.25) is 9.59 Å². The lowest BCUT2D eigenvalue weighted by molar-refractivity contribution is -0.165. The fourth-order valence-electron chi connectivity index (χ4n) is 4.82. The predicted octanol–water partition coefficient (Wildman–Crippen LogP) is 4.51. The average molecular weight is 417 g/mol. The molecule has 1 heterocycles. The van der Waals surface area contributed by atoms with E-state index in [1.807, 2.05) is 20.8 Å². The Balaban J connectivity index is 1.77. The first kappa shape index (κ1) is 22.8. The van der Waals surface area contributed by atoms with Gasteiger partial charge in [-0.05, 0) is 50.5 Å².